The van der Waals surface area contributed by atoms with Gasteiger partial charge in [-0.05, 0) is 78.0 Å². The molecule has 1 aromatic heterocycles. The number of amides is 1. The number of hydrogen-bond acceptors (Lipinski definition) is 7. The minimum Gasteiger partial charge on any atom is -0.480 e. The Morgan fingerprint density at radius 2 is 1.66 bits per heavy atom. The second-order valence-corrected chi connectivity index (χ2v) is 10.8. The van der Waals surface area contributed by atoms with E-state index in [2.05, 4.69) is 20.0 Å². The van der Waals surface area contributed by atoms with Gasteiger partial charge in [0, 0.05) is 52.2 Å². The molecule has 0 saturated heterocycles. The van der Waals surface area contributed by atoms with Gasteiger partial charge in [-0.25, -0.2) is 14.8 Å². The van der Waals surface area contributed by atoms with Crippen LogP contribution in [0, 0.1) is 0 Å². The number of nitrogens with one attached hydrogen (secondary N) is 2. The first-order chi connectivity index (χ1) is 19.8. The SMILES string of the molecule is CN(c1ccc(/C=C/CC(NC(=O)c2ccc(CNSc3cc(Cl)cc(Cl)c3)cc2)C(=O)O)cc1)c1ncccn1. The van der Waals surface area contributed by atoms with Crippen molar-refractivity contribution in [3.8, 4) is 0 Å². The van der Waals surface area contributed by atoms with Crippen molar-refractivity contribution in [3.63, 3.8) is 0 Å². The molecule has 0 radical (unpaired) electrons. The minimum atomic E-state index is -1.11. The van der Waals surface area contributed by atoms with Gasteiger partial charge in [0.2, 0.25) is 5.95 Å². The highest BCUT2D eigenvalue weighted by atomic mass is 35.5. The van der Waals surface area contributed by atoms with Crippen molar-refractivity contribution in [2.24, 2.45) is 0 Å². The summed E-state index contributed by atoms with van der Waals surface area (Å²) in [5.41, 5.74) is 3.14. The number of nitrogens with zero attached hydrogens (tertiary/aromatic N) is 3. The number of carbonyl (C=O) groups is 2. The molecule has 0 fully saturated rings. The second-order valence-electron chi connectivity index (χ2n) is 8.93. The van der Waals surface area contributed by atoms with Gasteiger partial charge in [0.15, 0.2) is 0 Å². The standard InChI is InChI=1S/C30H27Cl2N5O3S/c1-37(30-33-14-3-15-34-30)25-12-8-20(9-13-25)4-2-5-27(29(39)40)36-28(38)22-10-6-21(7-11-22)19-35-41-26-17-23(31)16-24(32)18-26/h2-4,6-18,27,35H,5,19H2,1H3,(H,36,38)(H,39,40)/b4-2+. The quantitative estimate of drug-likeness (QED) is 0.154. The third kappa shape index (κ3) is 9.06. The normalized spacial score (nSPS) is 11.8. The molecule has 41 heavy (non-hydrogen) atoms. The Bertz CT molecular complexity index is 1480. The Labute approximate surface area is 252 Å². The number of rotatable bonds is 12. The van der Waals surface area contributed by atoms with Gasteiger partial charge in [0.25, 0.3) is 5.91 Å². The van der Waals surface area contributed by atoms with Gasteiger partial charge in [-0.15, -0.1) is 0 Å². The van der Waals surface area contributed by atoms with Gasteiger partial charge in [-0.3, -0.25) is 9.52 Å². The predicted octanol–water partition coefficient (Wildman–Crippen LogP) is 6.63. The van der Waals surface area contributed by atoms with E-state index in [1.807, 2.05) is 66.6 Å². The summed E-state index contributed by atoms with van der Waals surface area (Å²) in [5.74, 6) is -0.980. The number of halogens is 2. The Balaban J connectivity index is 1.27. The van der Waals surface area contributed by atoms with E-state index in [4.69, 9.17) is 23.2 Å². The maximum atomic E-state index is 12.7. The third-order valence-corrected chi connectivity index (χ3v) is 7.13. The molecule has 1 heterocycles. The Morgan fingerprint density at radius 3 is 2.29 bits per heavy atom. The number of carbonyl (C=O) groups excluding carboxylic acids is 1. The van der Waals surface area contributed by atoms with E-state index < -0.39 is 17.9 Å². The van der Waals surface area contributed by atoms with Crippen molar-refractivity contribution in [2.75, 3.05) is 11.9 Å². The first kappa shape index (κ1) is 30.1. The number of hydrogen-bond donors (Lipinski definition) is 3. The van der Waals surface area contributed by atoms with Crippen LogP contribution >= 0.6 is 35.1 Å². The largest absolute Gasteiger partial charge is 0.480 e. The molecule has 1 atom stereocenters. The maximum Gasteiger partial charge on any atom is 0.326 e. The summed E-state index contributed by atoms with van der Waals surface area (Å²) in [4.78, 5) is 35.8. The van der Waals surface area contributed by atoms with E-state index >= 15 is 0 Å². The molecule has 3 aromatic carbocycles. The number of aromatic nitrogens is 2. The van der Waals surface area contributed by atoms with Crippen LogP contribution in [0.1, 0.15) is 27.9 Å². The smallest absolute Gasteiger partial charge is 0.326 e. The van der Waals surface area contributed by atoms with E-state index in [0.29, 0.717) is 28.1 Å². The van der Waals surface area contributed by atoms with Crippen LogP contribution in [0.25, 0.3) is 6.08 Å². The summed E-state index contributed by atoms with van der Waals surface area (Å²) in [5, 5.41) is 13.4. The van der Waals surface area contributed by atoms with E-state index in [9.17, 15) is 14.7 Å². The van der Waals surface area contributed by atoms with Crippen LogP contribution in [0.3, 0.4) is 0 Å². The Kier molecular flexibility index (Phi) is 10.8. The summed E-state index contributed by atoms with van der Waals surface area (Å²) in [7, 11) is 1.88. The lowest BCUT2D eigenvalue weighted by molar-refractivity contribution is -0.139. The van der Waals surface area contributed by atoms with Crippen molar-refractivity contribution >= 4 is 64.7 Å². The highest BCUT2D eigenvalue weighted by Crippen LogP contribution is 2.25. The van der Waals surface area contributed by atoms with Crippen LogP contribution in [0.2, 0.25) is 10.0 Å². The third-order valence-electron chi connectivity index (χ3n) is 5.94. The average molecular weight is 609 g/mol. The molecular formula is C30H27Cl2N5O3S. The number of benzene rings is 3. The summed E-state index contributed by atoms with van der Waals surface area (Å²) >= 11 is 13.5. The second kappa shape index (κ2) is 14.7. The van der Waals surface area contributed by atoms with Crippen molar-refractivity contribution < 1.29 is 14.7 Å². The van der Waals surface area contributed by atoms with Gasteiger partial charge >= 0.3 is 5.97 Å². The highest BCUT2D eigenvalue weighted by molar-refractivity contribution is 7.97. The predicted molar refractivity (Wildman–Crippen MR) is 165 cm³/mol. The molecule has 0 saturated carbocycles. The monoisotopic (exact) mass is 607 g/mol. The van der Waals surface area contributed by atoms with Crippen LogP contribution in [0.4, 0.5) is 11.6 Å². The Morgan fingerprint density at radius 1 is 1.00 bits per heavy atom. The molecular weight excluding hydrogens is 581 g/mol. The lowest BCUT2D eigenvalue weighted by Gasteiger charge is -2.16. The lowest BCUT2D eigenvalue weighted by atomic mass is 10.1. The molecule has 0 aliphatic rings. The summed E-state index contributed by atoms with van der Waals surface area (Å²) in [6.07, 6.45) is 7.05. The fraction of sp³-hybridized carbons (Fsp3) is 0.133. The van der Waals surface area contributed by atoms with Crippen molar-refractivity contribution in [1.82, 2.24) is 20.0 Å². The average Bonchev–Trinajstić information content (AvgIpc) is 2.97. The molecule has 8 nitrogen and oxygen atoms in total. The minimum absolute atomic E-state index is 0.132. The molecule has 210 valence electrons. The van der Waals surface area contributed by atoms with Gasteiger partial charge in [-0.1, -0.05) is 59.6 Å². The van der Waals surface area contributed by atoms with E-state index in [0.717, 1.165) is 21.7 Å². The molecule has 3 N–H and O–H groups in total. The van der Waals surface area contributed by atoms with Crippen molar-refractivity contribution in [1.29, 1.82) is 0 Å². The number of aliphatic carboxylic acids is 1. The maximum absolute atomic E-state index is 12.7. The van der Waals surface area contributed by atoms with Crippen LogP contribution in [-0.2, 0) is 11.3 Å². The van der Waals surface area contributed by atoms with E-state index in [1.165, 1.54) is 11.9 Å². The van der Waals surface area contributed by atoms with Gasteiger partial charge in [-0.2, -0.15) is 0 Å². The van der Waals surface area contributed by atoms with E-state index in [-0.39, 0.29) is 6.42 Å². The molecule has 0 aliphatic heterocycles. The molecule has 0 bridgehead atoms. The molecule has 1 unspecified atom stereocenters. The first-order valence-corrected chi connectivity index (χ1v) is 14.1. The first-order valence-electron chi connectivity index (χ1n) is 12.5. The zero-order chi connectivity index (χ0) is 29.2. The fourth-order valence-electron chi connectivity index (χ4n) is 3.76. The van der Waals surface area contributed by atoms with Crippen LogP contribution in [0.5, 0.6) is 0 Å². The van der Waals surface area contributed by atoms with Gasteiger partial charge in [0.05, 0.1) is 0 Å². The topological polar surface area (TPSA) is 107 Å². The van der Waals surface area contributed by atoms with E-state index in [1.54, 1.807) is 42.7 Å². The number of carboxylic acids is 1. The van der Waals surface area contributed by atoms with Crippen LogP contribution in [-0.4, -0.2) is 40.0 Å². The molecule has 1 amide bonds. The van der Waals surface area contributed by atoms with Gasteiger partial charge < -0.3 is 15.3 Å². The zero-order valence-electron chi connectivity index (χ0n) is 22.0. The molecule has 0 spiro atoms. The molecule has 11 heteroatoms. The van der Waals surface area contributed by atoms with Crippen LogP contribution in [0.15, 0.2) is 96.2 Å². The highest BCUT2D eigenvalue weighted by Gasteiger charge is 2.19. The molecule has 0 aliphatic carbocycles. The summed E-state index contributed by atoms with van der Waals surface area (Å²) in [6.45, 7) is 0.538. The number of carboxylic acid groups (broad SMARTS) is 1. The zero-order valence-corrected chi connectivity index (χ0v) is 24.3. The summed E-state index contributed by atoms with van der Waals surface area (Å²) in [6, 6.07) is 20.6. The van der Waals surface area contributed by atoms with Crippen LogP contribution < -0.4 is 14.9 Å². The molecule has 4 rings (SSSR count). The van der Waals surface area contributed by atoms with Gasteiger partial charge in [0.1, 0.15) is 6.04 Å². The molecule has 4 aromatic rings. The van der Waals surface area contributed by atoms with Crippen molar-refractivity contribution in [2.45, 2.75) is 23.9 Å². The van der Waals surface area contributed by atoms with Crippen molar-refractivity contribution in [3.05, 3.63) is 118 Å². The number of anilines is 2. The Hall–Kier alpha value is -3.89. The fourth-order valence-corrected chi connectivity index (χ4v) is 5.19. The summed E-state index contributed by atoms with van der Waals surface area (Å²) < 4.78 is 3.23. The lowest BCUT2D eigenvalue weighted by Crippen LogP contribution is -2.40.